The average Bonchev–Trinajstić information content (AvgIpc) is 2.58. The molecule has 0 radical (unpaired) electrons. The van der Waals surface area contributed by atoms with Crippen molar-refractivity contribution in [3.05, 3.63) is 48.5 Å². The van der Waals surface area contributed by atoms with Crippen LogP contribution in [0.3, 0.4) is 0 Å². The highest BCUT2D eigenvalue weighted by atomic mass is 16.5. The fourth-order valence-electron chi connectivity index (χ4n) is 2.31. The zero-order valence-corrected chi connectivity index (χ0v) is 15.0. The Morgan fingerprint density at radius 3 is 2.48 bits per heavy atom. The minimum Gasteiger partial charge on any atom is -0.492 e. The highest BCUT2D eigenvalue weighted by Gasteiger charge is 2.07. The maximum absolute atomic E-state index is 12.1. The van der Waals surface area contributed by atoms with Crippen LogP contribution in [-0.2, 0) is 4.79 Å². The van der Waals surface area contributed by atoms with E-state index in [0.29, 0.717) is 31.0 Å². The zero-order chi connectivity index (χ0) is 18.1. The molecule has 0 aliphatic heterocycles. The van der Waals surface area contributed by atoms with Crippen LogP contribution in [-0.4, -0.2) is 25.2 Å². The van der Waals surface area contributed by atoms with Crippen molar-refractivity contribution in [2.75, 3.05) is 23.8 Å². The molecule has 0 unspecified atom stereocenters. The molecule has 0 spiro atoms. The van der Waals surface area contributed by atoms with E-state index in [1.807, 2.05) is 69.3 Å². The Bertz CT molecular complexity index is 669. The quantitative estimate of drug-likeness (QED) is 0.713. The first kappa shape index (κ1) is 18.6. The highest BCUT2D eigenvalue weighted by Crippen LogP contribution is 2.23. The summed E-state index contributed by atoms with van der Waals surface area (Å²) in [4.78, 5) is 12.1. The largest absolute Gasteiger partial charge is 0.492 e. The molecule has 0 fully saturated rings. The number of carbonyl (C=O) groups is 1. The predicted octanol–water partition coefficient (Wildman–Crippen LogP) is 4.31. The Morgan fingerprint density at radius 2 is 1.80 bits per heavy atom. The second kappa shape index (κ2) is 9.57. The summed E-state index contributed by atoms with van der Waals surface area (Å²) in [6, 6.07) is 15.2. The van der Waals surface area contributed by atoms with E-state index in [1.54, 1.807) is 0 Å². The number of rotatable bonds is 9. The third kappa shape index (κ3) is 6.37. The van der Waals surface area contributed by atoms with Crippen molar-refractivity contribution in [1.29, 1.82) is 0 Å². The van der Waals surface area contributed by atoms with Crippen LogP contribution in [0.25, 0.3) is 0 Å². The van der Waals surface area contributed by atoms with Gasteiger partial charge in [-0.05, 0) is 57.2 Å². The van der Waals surface area contributed by atoms with E-state index in [9.17, 15) is 4.79 Å². The van der Waals surface area contributed by atoms with E-state index in [0.717, 1.165) is 11.4 Å². The lowest BCUT2D eigenvalue weighted by molar-refractivity contribution is -0.116. The van der Waals surface area contributed by atoms with E-state index < -0.39 is 0 Å². The third-order valence-electron chi connectivity index (χ3n) is 3.37. The minimum absolute atomic E-state index is 0.0561. The predicted molar refractivity (Wildman–Crippen MR) is 102 cm³/mol. The van der Waals surface area contributed by atoms with Crippen molar-refractivity contribution in [2.24, 2.45) is 0 Å². The molecule has 2 rings (SSSR count). The summed E-state index contributed by atoms with van der Waals surface area (Å²) in [5.41, 5.74) is 1.66. The molecule has 1 amide bonds. The van der Waals surface area contributed by atoms with Gasteiger partial charge in [-0.2, -0.15) is 0 Å². The summed E-state index contributed by atoms with van der Waals surface area (Å²) in [7, 11) is 0. The smallest absolute Gasteiger partial charge is 0.226 e. The van der Waals surface area contributed by atoms with Crippen LogP contribution in [0.1, 0.15) is 27.2 Å². The molecule has 0 heterocycles. The molecule has 0 bridgehead atoms. The van der Waals surface area contributed by atoms with Crippen LogP contribution in [0.5, 0.6) is 11.5 Å². The first-order valence-electron chi connectivity index (χ1n) is 8.60. The first-order chi connectivity index (χ1) is 12.1. The van der Waals surface area contributed by atoms with Crippen LogP contribution >= 0.6 is 0 Å². The molecule has 0 atom stereocenters. The lowest BCUT2D eigenvalue weighted by Gasteiger charge is -2.12. The number of benzene rings is 2. The van der Waals surface area contributed by atoms with Gasteiger partial charge in [0.15, 0.2) is 0 Å². The Labute approximate surface area is 149 Å². The molecule has 0 aromatic heterocycles. The van der Waals surface area contributed by atoms with Gasteiger partial charge in [0.05, 0.1) is 18.4 Å². The van der Waals surface area contributed by atoms with Gasteiger partial charge >= 0.3 is 0 Å². The number of anilines is 2. The number of carbonyl (C=O) groups excluding carboxylic acids is 1. The molecular weight excluding hydrogens is 316 g/mol. The van der Waals surface area contributed by atoms with E-state index in [1.165, 1.54) is 0 Å². The number of nitrogens with one attached hydrogen (secondary N) is 2. The number of para-hydroxylation sites is 2. The van der Waals surface area contributed by atoms with Gasteiger partial charge in [0.1, 0.15) is 11.5 Å². The van der Waals surface area contributed by atoms with Gasteiger partial charge in [-0.15, -0.1) is 0 Å². The normalized spacial score (nSPS) is 10.4. The standard InChI is InChI=1S/C20H26N2O3/c1-4-24-19-8-6-5-7-18(19)22-20(23)13-14-21-16-9-11-17(12-10-16)25-15(2)3/h5-12,15,21H,4,13-14H2,1-3H3,(H,22,23). The summed E-state index contributed by atoms with van der Waals surface area (Å²) in [6.07, 6.45) is 0.520. The summed E-state index contributed by atoms with van der Waals surface area (Å²) in [6.45, 7) is 7.01. The zero-order valence-electron chi connectivity index (χ0n) is 15.0. The van der Waals surface area contributed by atoms with Gasteiger partial charge in [0.25, 0.3) is 0 Å². The molecule has 2 N–H and O–H groups in total. The van der Waals surface area contributed by atoms with E-state index in [4.69, 9.17) is 9.47 Å². The van der Waals surface area contributed by atoms with Crippen LogP contribution < -0.4 is 20.1 Å². The van der Waals surface area contributed by atoms with Crippen LogP contribution in [0.15, 0.2) is 48.5 Å². The second-order valence-electron chi connectivity index (χ2n) is 5.85. The van der Waals surface area contributed by atoms with Gasteiger partial charge in [-0.3, -0.25) is 4.79 Å². The number of hydrogen-bond donors (Lipinski definition) is 2. The van der Waals surface area contributed by atoms with Crippen LogP contribution in [0.2, 0.25) is 0 Å². The van der Waals surface area contributed by atoms with Crippen molar-refractivity contribution in [1.82, 2.24) is 0 Å². The molecule has 5 heteroatoms. The van der Waals surface area contributed by atoms with Crippen molar-refractivity contribution >= 4 is 17.3 Å². The van der Waals surface area contributed by atoms with Crippen molar-refractivity contribution in [2.45, 2.75) is 33.3 Å². The lowest BCUT2D eigenvalue weighted by atomic mass is 10.2. The van der Waals surface area contributed by atoms with E-state index in [-0.39, 0.29) is 12.0 Å². The van der Waals surface area contributed by atoms with Gasteiger partial charge in [-0.25, -0.2) is 0 Å². The number of ether oxygens (including phenoxy) is 2. The van der Waals surface area contributed by atoms with Gasteiger partial charge in [0, 0.05) is 18.7 Å². The third-order valence-corrected chi connectivity index (χ3v) is 3.37. The van der Waals surface area contributed by atoms with Gasteiger partial charge < -0.3 is 20.1 Å². The summed E-state index contributed by atoms with van der Waals surface area (Å²) in [5.74, 6) is 1.47. The molecule has 25 heavy (non-hydrogen) atoms. The average molecular weight is 342 g/mol. The van der Waals surface area contributed by atoms with Crippen LogP contribution in [0.4, 0.5) is 11.4 Å². The van der Waals surface area contributed by atoms with Gasteiger partial charge in [-0.1, -0.05) is 12.1 Å². The topological polar surface area (TPSA) is 59.6 Å². The Kier molecular flexibility index (Phi) is 7.14. The fourth-order valence-corrected chi connectivity index (χ4v) is 2.31. The molecule has 2 aromatic rings. The Balaban J connectivity index is 1.79. The fraction of sp³-hybridized carbons (Fsp3) is 0.350. The first-order valence-corrected chi connectivity index (χ1v) is 8.60. The van der Waals surface area contributed by atoms with Crippen molar-refractivity contribution in [3.63, 3.8) is 0 Å². The second-order valence-corrected chi connectivity index (χ2v) is 5.85. The summed E-state index contributed by atoms with van der Waals surface area (Å²) in [5, 5.41) is 6.12. The minimum atomic E-state index is -0.0561. The molecule has 5 nitrogen and oxygen atoms in total. The van der Waals surface area contributed by atoms with Crippen molar-refractivity contribution in [3.8, 4) is 11.5 Å². The van der Waals surface area contributed by atoms with Crippen molar-refractivity contribution < 1.29 is 14.3 Å². The maximum atomic E-state index is 12.1. The van der Waals surface area contributed by atoms with Crippen LogP contribution in [0, 0.1) is 0 Å². The van der Waals surface area contributed by atoms with E-state index in [2.05, 4.69) is 10.6 Å². The lowest BCUT2D eigenvalue weighted by Crippen LogP contribution is -2.16. The van der Waals surface area contributed by atoms with E-state index >= 15 is 0 Å². The Morgan fingerprint density at radius 1 is 1.08 bits per heavy atom. The molecule has 0 saturated heterocycles. The SMILES string of the molecule is CCOc1ccccc1NC(=O)CCNc1ccc(OC(C)C)cc1. The number of hydrogen-bond acceptors (Lipinski definition) is 4. The molecule has 0 saturated carbocycles. The monoisotopic (exact) mass is 342 g/mol. The summed E-state index contributed by atoms with van der Waals surface area (Å²) >= 11 is 0. The maximum Gasteiger partial charge on any atom is 0.226 e. The molecule has 0 aliphatic rings. The molecule has 2 aromatic carbocycles. The number of amides is 1. The molecule has 134 valence electrons. The molecular formula is C20H26N2O3. The Hall–Kier alpha value is -2.69. The highest BCUT2D eigenvalue weighted by molar-refractivity contribution is 5.92. The molecule has 0 aliphatic carbocycles. The van der Waals surface area contributed by atoms with Gasteiger partial charge in [0.2, 0.25) is 5.91 Å². The summed E-state index contributed by atoms with van der Waals surface area (Å²) < 4.78 is 11.1.